The fourth-order valence-electron chi connectivity index (χ4n) is 1.54. The van der Waals surface area contributed by atoms with Gasteiger partial charge in [-0.3, -0.25) is 9.48 Å². The molecule has 0 amide bonds. The molecular weight excluding hydrogens is 270 g/mol. The van der Waals surface area contributed by atoms with Crippen LogP contribution in [-0.2, 0) is 18.3 Å². The van der Waals surface area contributed by atoms with Crippen molar-refractivity contribution >= 4 is 21.7 Å². The number of rotatable bonds is 5. The molecule has 1 aromatic heterocycles. The summed E-state index contributed by atoms with van der Waals surface area (Å²) < 4.78 is 2.69. The highest BCUT2D eigenvalue weighted by molar-refractivity contribution is 9.10. The average molecular weight is 288 g/mol. The van der Waals surface area contributed by atoms with Crippen molar-refractivity contribution in [2.24, 2.45) is 12.8 Å². The van der Waals surface area contributed by atoms with E-state index >= 15 is 0 Å². The molecule has 0 saturated heterocycles. The zero-order valence-electron chi connectivity index (χ0n) is 9.96. The van der Waals surface area contributed by atoms with Crippen LogP contribution in [0.2, 0.25) is 0 Å². The number of hydrogen-bond acceptors (Lipinski definition) is 3. The molecule has 0 spiro atoms. The first-order valence-electron chi connectivity index (χ1n) is 5.37. The summed E-state index contributed by atoms with van der Waals surface area (Å²) in [4.78, 5) is 11.7. The second-order valence-electron chi connectivity index (χ2n) is 4.20. The van der Waals surface area contributed by atoms with E-state index in [0.29, 0.717) is 12.8 Å². The molecule has 0 aliphatic heterocycles. The van der Waals surface area contributed by atoms with Crippen molar-refractivity contribution in [3.63, 3.8) is 0 Å². The van der Waals surface area contributed by atoms with Gasteiger partial charge in [-0.2, -0.15) is 5.10 Å². The number of hydrogen-bond donors (Lipinski definition) is 1. The van der Waals surface area contributed by atoms with Crippen LogP contribution in [0.3, 0.4) is 0 Å². The summed E-state index contributed by atoms with van der Waals surface area (Å²) in [5, 5.41) is 4.25. The molecule has 0 saturated carbocycles. The van der Waals surface area contributed by atoms with Crippen LogP contribution in [0, 0.1) is 6.92 Å². The molecule has 0 aromatic carbocycles. The molecule has 5 heteroatoms. The van der Waals surface area contributed by atoms with E-state index in [1.165, 1.54) is 0 Å². The van der Waals surface area contributed by atoms with Gasteiger partial charge in [0.2, 0.25) is 0 Å². The lowest BCUT2D eigenvalue weighted by Crippen LogP contribution is -2.17. The number of Topliss-reactive ketones (excluding diaryl/α,β-unsaturated/α-hetero) is 1. The van der Waals surface area contributed by atoms with Gasteiger partial charge >= 0.3 is 0 Å². The number of carbonyl (C=O) groups excluding carboxylic acids is 1. The standard InChI is InChI=1S/C11H18BrN3O/c1-7(13)4-5-9(16)6-10-11(12)8(2)14-15(10)3/h7H,4-6,13H2,1-3H3. The van der Waals surface area contributed by atoms with Crippen LogP contribution >= 0.6 is 15.9 Å². The maximum atomic E-state index is 11.7. The minimum Gasteiger partial charge on any atom is -0.328 e. The molecule has 1 heterocycles. The number of aryl methyl sites for hydroxylation is 2. The number of ketones is 1. The molecule has 0 aliphatic rings. The molecule has 1 atom stereocenters. The van der Waals surface area contributed by atoms with E-state index in [0.717, 1.165) is 22.3 Å². The molecule has 0 fully saturated rings. The van der Waals surface area contributed by atoms with Crippen LogP contribution in [0.1, 0.15) is 31.2 Å². The Labute approximate surface area is 104 Å². The van der Waals surface area contributed by atoms with Crippen LogP contribution in [-0.4, -0.2) is 21.6 Å². The summed E-state index contributed by atoms with van der Waals surface area (Å²) >= 11 is 3.45. The maximum Gasteiger partial charge on any atom is 0.138 e. The lowest BCUT2D eigenvalue weighted by Gasteiger charge is -2.05. The Morgan fingerprint density at radius 1 is 1.62 bits per heavy atom. The lowest BCUT2D eigenvalue weighted by molar-refractivity contribution is -0.118. The van der Waals surface area contributed by atoms with Crippen molar-refractivity contribution < 1.29 is 4.79 Å². The monoisotopic (exact) mass is 287 g/mol. The van der Waals surface area contributed by atoms with Gasteiger partial charge in [0, 0.05) is 25.9 Å². The van der Waals surface area contributed by atoms with E-state index in [4.69, 9.17) is 5.73 Å². The van der Waals surface area contributed by atoms with Crippen LogP contribution in [0.25, 0.3) is 0 Å². The summed E-state index contributed by atoms with van der Waals surface area (Å²) in [5.41, 5.74) is 7.47. The second kappa shape index (κ2) is 5.59. The summed E-state index contributed by atoms with van der Waals surface area (Å²) in [7, 11) is 1.85. The van der Waals surface area contributed by atoms with Crippen molar-refractivity contribution in [1.29, 1.82) is 0 Å². The fourth-order valence-corrected chi connectivity index (χ4v) is 2.01. The Bertz CT molecular complexity index is 385. The second-order valence-corrected chi connectivity index (χ2v) is 4.99. The summed E-state index contributed by atoms with van der Waals surface area (Å²) in [6.45, 7) is 3.83. The molecule has 1 aromatic rings. The molecule has 2 N–H and O–H groups in total. The Morgan fingerprint density at radius 2 is 2.25 bits per heavy atom. The Hall–Kier alpha value is -0.680. The quantitative estimate of drug-likeness (QED) is 0.897. The van der Waals surface area contributed by atoms with Crippen molar-refractivity contribution in [2.75, 3.05) is 0 Å². The van der Waals surface area contributed by atoms with E-state index in [9.17, 15) is 4.79 Å². The van der Waals surface area contributed by atoms with Crippen molar-refractivity contribution in [1.82, 2.24) is 9.78 Å². The first kappa shape index (κ1) is 13.4. The first-order chi connectivity index (χ1) is 7.41. The van der Waals surface area contributed by atoms with Gasteiger partial charge in [-0.05, 0) is 36.2 Å². The lowest BCUT2D eigenvalue weighted by atomic mass is 10.1. The maximum absolute atomic E-state index is 11.7. The minimum atomic E-state index is 0.0839. The molecule has 16 heavy (non-hydrogen) atoms. The summed E-state index contributed by atoms with van der Waals surface area (Å²) in [6.07, 6.45) is 1.70. The highest BCUT2D eigenvalue weighted by Gasteiger charge is 2.14. The molecule has 1 unspecified atom stereocenters. The molecule has 0 radical (unpaired) electrons. The Kier molecular flexibility index (Phi) is 4.68. The van der Waals surface area contributed by atoms with Crippen LogP contribution in [0.15, 0.2) is 4.47 Å². The molecule has 0 aliphatic carbocycles. The highest BCUT2D eigenvalue weighted by Crippen LogP contribution is 2.21. The zero-order valence-corrected chi connectivity index (χ0v) is 11.5. The molecule has 90 valence electrons. The third kappa shape index (κ3) is 3.42. The molecule has 0 bridgehead atoms. The van der Waals surface area contributed by atoms with Crippen LogP contribution in [0.5, 0.6) is 0 Å². The van der Waals surface area contributed by atoms with Gasteiger partial charge in [0.1, 0.15) is 5.78 Å². The third-order valence-corrected chi connectivity index (χ3v) is 3.54. The predicted molar refractivity (Wildman–Crippen MR) is 67.2 cm³/mol. The van der Waals surface area contributed by atoms with Gasteiger partial charge in [0.25, 0.3) is 0 Å². The fraction of sp³-hybridized carbons (Fsp3) is 0.636. The predicted octanol–water partition coefficient (Wildman–Crippen LogP) is 1.73. The van der Waals surface area contributed by atoms with Crippen molar-refractivity contribution in [3.05, 3.63) is 15.9 Å². The normalized spacial score (nSPS) is 12.8. The number of carbonyl (C=O) groups is 1. The topological polar surface area (TPSA) is 60.9 Å². The van der Waals surface area contributed by atoms with Gasteiger partial charge in [-0.25, -0.2) is 0 Å². The van der Waals surface area contributed by atoms with E-state index < -0.39 is 0 Å². The van der Waals surface area contributed by atoms with E-state index in [-0.39, 0.29) is 11.8 Å². The summed E-state index contributed by atoms with van der Waals surface area (Å²) in [5.74, 6) is 0.209. The smallest absolute Gasteiger partial charge is 0.138 e. The number of nitrogens with two attached hydrogens (primary N) is 1. The minimum absolute atomic E-state index is 0.0839. The van der Waals surface area contributed by atoms with Gasteiger partial charge < -0.3 is 5.73 Å². The largest absolute Gasteiger partial charge is 0.328 e. The van der Waals surface area contributed by atoms with Gasteiger partial charge in [0.15, 0.2) is 0 Å². The van der Waals surface area contributed by atoms with Gasteiger partial charge in [-0.15, -0.1) is 0 Å². The average Bonchev–Trinajstić information content (AvgIpc) is 2.42. The summed E-state index contributed by atoms with van der Waals surface area (Å²) in [6, 6.07) is 0.0839. The van der Waals surface area contributed by atoms with E-state index in [1.54, 1.807) is 4.68 Å². The molecule has 1 rings (SSSR count). The SMILES string of the molecule is Cc1nn(C)c(CC(=O)CCC(C)N)c1Br. The van der Waals surface area contributed by atoms with Crippen molar-refractivity contribution in [3.8, 4) is 0 Å². The third-order valence-electron chi connectivity index (χ3n) is 2.50. The van der Waals surface area contributed by atoms with Crippen LogP contribution in [0.4, 0.5) is 0 Å². The number of nitrogens with zero attached hydrogens (tertiary/aromatic N) is 2. The molecular formula is C11H18BrN3O. The Morgan fingerprint density at radius 3 is 2.69 bits per heavy atom. The molecule has 4 nitrogen and oxygen atoms in total. The Balaban J connectivity index is 2.63. The van der Waals surface area contributed by atoms with E-state index in [2.05, 4.69) is 21.0 Å². The highest BCUT2D eigenvalue weighted by atomic mass is 79.9. The van der Waals surface area contributed by atoms with E-state index in [1.807, 2.05) is 20.9 Å². The number of halogens is 1. The van der Waals surface area contributed by atoms with Crippen LogP contribution < -0.4 is 5.73 Å². The number of aromatic nitrogens is 2. The van der Waals surface area contributed by atoms with Crippen molar-refractivity contribution in [2.45, 2.75) is 39.2 Å². The first-order valence-corrected chi connectivity index (χ1v) is 6.16. The van der Waals surface area contributed by atoms with Gasteiger partial charge in [0.05, 0.1) is 15.9 Å². The van der Waals surface area contributed by atoms with Gasteiger partial charge in [-0.1, -0.05) is 0 Å². The zero-order chi connectivity index (χ0) is 12.3.